The molecule has 0 radical (unpaired) electrons. The highest BCUT2D eigenvalue weighted by molar-refractivity contribution is 5.79. The SMILES string of the molecule is CC(C)CNC(=O)Cc1ccccc1[N+](=O)[O-]. The van der Waals surface area contributed by atoms with Crippen molar-refractivity contribution in [1.29, 1.82) is 0 Å². The van der Waals surface area contributed by atoms with Crippen molar-refractivity contribution >= 4 is 11.6 Å². The number of para-hydroxylation sites is 1. The summed E-state index contributed by atoms with van der Waals surface area (Å²) in [5.41, 5.74) is 0.436. The summed E-state index contributed by atoms with van der Waals surface area (Å²) in [4.78, 5) is 21.8. The van der Waals surface area contributed by atoms with E-state index in [9.17, 15) is 14.9 Å². The molecule has 0 saturated heterocycles. The number of carbonyl (C=O) groups excluding carboxylic acids is 1. The second kappa shape index (κ2) is 5.98. The van der Waals surface area contributed by atoms with Gasteiger partial charge in [0.2, 0.25) is 5.91 Å². The van der Waals surface area contributed by atoms with E-state index < -0.39 is 4.92 Å². The van der Waals surface area contributed by atoms with E-state index in [-0.39, 0.29) is 18.0 Å². The molecule has 5 nitrogen and oxygen atoms in total. The molecule has 0 aromatic heterocycles. The van der Waals surface area contributed by atoms with Gasteiger partial charge < -0.3 is 5.32 Å². The zero-order valence-electron chi connectivity index (χ0n) is 9.97. The van der Waals surface area contributed by atoms with Crippen molar-refractivity contribution < 1.29 is 9.72 Å². The van der Waals surface area contributed by atoms with Gasteiger partial charge in [0.1, 0.15) is 0 Å². The van der Waals surface area contributed by atoms with Crippen molar-refractivity contribution in [3.05, 3.63) is 39.9 Å². The fourth-order valence-corrected chi connectivity index (χ4v) is 1.39. The summed E-state index contributed by atoms with van der Waals surface area (Å²) in [5, 5.41) is 13.5. The Hall–Kier alpha value is -1.91. The monoisotopic (exact) mass is 236 g/mol. The molecule has 0 aliphatic heterocycles. The van der Waals surface area contributed by atoms with Crippen molar-refractivity contribution in [2.45, 2.75) is 20.3 Å². The number of rotatable bonds is 5. The van der Waals surface area contributed by atoms with Gasteiger partial charge in [-0.2, -0.15) is 0 Å². The zero-order valence-corrected chi connectivity index (χ0v) is 9.97. The van der Waals surface area contributed by atoms with E-state index in [0.29, 0.717) is 18.0 Å². The van der Waals surface area contributed by atoms with Gasteiger partial charge in [-0.15, -0.1) is 0 Å². The van der Waals surface area contributed by atoms with Gasteiger partial charge >= 0.3 is 0 Å². The quantitative estimate of drug-likeness (QED) is 0.627. The molecule has 1 aromatic rings. The molecule has 5 heteroatoms. The minimum absolute atomic E-state index is 0.00723. The average Bonchev–Trinajstić information content (AvgIpc) is 2.27. The molecule has 0 aliphatic carbocycles. The van der Waals surface area contributed by atoms with Crippen LogP contribution in [0.2, 0.25) is 0 Å². The van der Waals surface area contributed by atoms with Crippen molar-refractivity contribution in [1.82, 2.24) is 5.32 Å². The number of benzene rings is 1. The summed E-state index contributed by atoms with van der Waals surface area (Å²) in [6, 6.07) is 6.30. The van der Waals surface area contributed by atoms with Crippen LogP contribution in [0.1, 0.15) is 19.4 Å². The summed E-state index contributed by atoms with van der Waals surface area (Å²) in [6.45, 7) is 4.57. The van der Waals surface area contributed by atoms with E-state index in [2.05, 4.69) is 5.32 Å². The van der Waals surface area contributed by atoms with Gasteiger partial charge in [-0.25, -0.2) is 0 Å². The molecule has 92 valence electrons. The Kier molecular flexibility index (Phi) is 4.63. The molecule has 17 heavy (non-hydrogen) atoms. The predicted octanol–water partition coefficient (Wildman–Crippen LogP) is 1.91. The molecule has 0 fully saturated rings. The average molecular weight is 236 g/mol. The van der Waals surface area contributed by atoms with E-state index in [0.717, 1.165) is 0 Å². The van der Waals surface area contributed by atoms with E-state index in [4.69, 9.17) is 0 Å². The normalized spacial score (nSPS) is 10.3. The molecule has 0 unspecified atom stereocenters. The highest BCUT2D eigenvalue weighted by atomic mass is 16.6. The van der Waals surface area contributed by atoms with Crippen LogP contribution in [-0.2, 0) is 11.2 Å². The van der Waals surface area contributed by atoms with Crippen LogP contribution in [-0.4, -0.2) is 17.4 Å². The summed E-state index contributed by atoms with van der Waals surface area (Å²) in [5.74, 6) is 0.178. The maximum atomic E-state index is 11.6. The molecule has 1 aromatic carbocycles. The van der Waals surface area contributed by atoms with E-state index >= 15 is 0 Å². The largest absolute Gasteiger partial charge is 0.356 e. The van der Waals surface area contributed by atoms with Gasteiger partial charge in [0, 0.05) is 18.2 Å². The molecule has 0 spiro atoms. The predicted molar refractivity (Wildman–Crippen MR) is 64.6 cm³/mol. The molecule has 1 rings (SSSR count). The van der Waals surface area contributed by atoms with Crippen LogP contribution >= 0.6 is 0 Å². The summed E-state index contributed by atoms with van der Waals surface area (Å²) in [6.07, 6.45) is 0.0455. The Bertz CT molecular complexity index is 416. The van der Waals surface area contributed by atoms with Crippen molar-refractivity contribution in [3.8, 4) is 0 Å². The van der Waals surface area contributed by atoms with Crippen LogP contribution in [0, 0.1) is 16.0 Å². The molecule has 1 N–H and O–H groups in total. The van der Waals surface area contributed by atoms with Gasteiger partial charge in [-0.3, -0.25) is 14.9 Å². The number of hydrogen-bond donors (Lipinski definition) is 1. The second-order valence-corrected chi connectivity index (χ2v) is 4.26. The van der Waals surface area contributed by atoms with Crippen LogP contribution in [0.4, 0.5) is 5.69 Å². The maximum absolute atomic E-state index is 11.6. The number of nitro groups is 1. The summed E-state index contributed by atoms with van der Waals surface area (Å²) in [7, 11) is 0. The third kappa shape index (κ3) is 4.22. The Morgan fingerprint density at radius 3 is 2.65 bits per heavy atom. The fraction of sp³-hybridized carbons (Fsp3) is 0.417. The highest BCUT2D eigenvalue weighted by Gasteiger charge is 2.15. The number of nitro benzene ring substituents is 1. The lowest BCUT2D eigenvalue weighted by atomic mass is 10.1. The van der Waals surface area contributed by atoms with E-state index in [1.54, 1.807) is 18.2 Å². The van der Waals surface area contributed by atoms with Crippen molar-refractivity contribution in [2.24, 2.45) is 5.92 Å². The first-order chi connectivity index (χ1) is 8.00. The lowest BCUT2D eigenvalue weighted by Crippen LogP contribution is -2.28. The van der Waals surface area contributed by atoms with Crippen LogP contribution < -0.4 is 5.32 Å². The van der Waals surface area contributed by atoms with Crippen LogP contribution in [0.15, 0.2) is 24.3 Å². The molecular weight excluding hydrogens is 220 g/mol. The molecular formula is C12H16N2O3. The number of carbonyl (C=O) groups is 1. The smallest absolute Gasteiger partial charge is 0.273 e. The van der Waals surface area contributed by atoms with Crippen LogP contribution in [0.25, 0.3) is 0 Å². The van der Waals surface area contributed by atoms with Crippen LogP contribution in [0.3, 0.4) is 0 Å². The Morgan fingerprint density at radius 1 is 1.41 bits per heavy atom. The Morgan fingerprint density at radius 2 is 2.06 bits per heavy atom. The first-order valence-electron chi connectivity index (χ1n) is 5.49. The number of amides is 1. The molecule has 0 heterocycles. The van der Waals surface area contributed by atoms with Crippen molar-refractivity contribution in [2.75, 3.05) is 6.54 Å². The van der Waals surface area contributed by atoms with Gasteiger partial charge in [-0.05, 0) is 5.92 Å². The highest BCUT2D eigenvalue weighted by Crippen LogP contribution is 2.17. The standard InChI is InChI=1S/C12H16N2O3/c1-9(2)8-13-12(15)7-10-5-3-4-6-11(10)14(16)17/h3-6,9H,7-8H2,1-2H3,(H,13,15). The molecule has 0 aliphatic rings. The van der Waals surface area contributed by atoms with Gasteiger partial charge in [0.15, 0.2) is 0 Å². The Balaban J connectivity index is 2.68. The Labute approximate surface area is 100.0 Å². The minimum atomic E-state index is -0.467. The lowest BCUT2D eigenvalue weighted by Gasteiger charge is -2.07. The summed E-state index contributed by atoms with van der Waals surface area (Å²) >= 11 is 0. The molecule has 0 atom stereocenters. The van der Waals surface area contributed by atoms with Crippen molar-refractivity contribution in [3.63, 3.8) is 0 Å². The molecule has 0 saturated carbocycles. The number of nitrogens with one attached hydrogen (secondary N) is 1. The number of nitrogens with zero attached hydrogens (tertiary/aromatic N) is 1. The third-order valence-electron chi connectivity index (χ3n) is 2.25. The van der Waals surface area contributed by atoms with E-state index in [1.807, 2.05) is 13.8 Å². The zero-order chi connectivity index (χ0) is 12.8. The van der Waals surface area contributed by atoms with Gasteiger partial charge in [0.25, 0.3) is 5.69 Å². The first-order valence-corrected chi connectivity index (χ1v) is 5.49. The van der Waals surface area contributed by atoms with Gasteiger partial charge in [-0.1, -0.05) is 32.0 Å². The number of hydrogen-bond acceptors (Lipinski definition) is 3. The fourth-order valence-electron chi connectivity index (χ4n) is 1.39. The minimum Gasteiger partial charge on any atom is -0.356 e. The van der Waals surface area contributed by atoms with E-state index in [1.165, 1.54) is 6.07 Å². The molecule has 0 bridgehead atoms. The maximum Gasteiger partial charge on any atom is 0.273 e. The molecule has 1 amide bonds. The second-order valence-electron chi connectivity index (χ2n) is 4.26. The third-order valence-corrected chi connectivity index (χ3v) is 2.25. The first kappa shape index (κ1) is 13.2. The summed E-state index contributed by atoms with van der Waals surface area (Å²) < 4.78 is 0. The van der Waals surface area contributed by atoms with Crippen LogP contribution in [0.5, 0.6) is 0 Å². The van der Waals surface area contributed by atoms with Gasteiger partial charge in [0.05, 0.1) is 11.3 Å². The topological polar surface area (TPSA) is 72.2 Å². The lowest BCUT2D eigenvalue weighted by molar-refractivity contribution is -0.385.